The Labute approximate surface area is 179 Å². The van der Waals surface area contributed by atoms with Crippen molar-refractivity contribution in [2.75, 3.05) is 72.0 Å². The van der Waals surface area contributed by atoms with Crippen LogP contribution in [0.25, 0.3) is 11.3 Å². The number of likely N-dealkylation sites (tertiary alicyclic amines) is 1. The first kappa shape index (κ1) is 20.9. The Morgan fingerprint density at radius 1 is 0.933 bits per heavy atom. The second-order valence-electron chi connectivity index (χ2n) is 8.44. The molecule has 2 fully saturated rings. The number of aromatic nitrogens is 2. The van der Waals surface area contributed by atoms with Crippen molar-refractivity contribution in [3.8, 4) is 22.8 Å². The normalized spacial score (nSPS) is 20.9. The van der Waals surface area contributed by atoms with E-state index in [2.05, 4.69) is 38.0 Å². The zero-order valence-electron chi connectivity index (χ0n) is 18.4. The van der Waals surface area contributed by atoms with Gasteiger partial charge in [0.15, 0.2) is 5.82 Å². The number of rotatable bonds is 6. The number of hydrogen-bond donors (Lipinski definition) is 0. The molecule has 7 nitrogen and oxygen atoms in total. The monoisotopic (exact) mass is 411 g/mol. The van der Waals surface area contributed by atoms with E-state index in [1.54, 1.807) is 14.2 Å². The second kappa shape index (κ2) is 9.62. The van der Waals surface area contributed by atoms with Gasteiger partial charge in [0.05, 0.1) is 19.9 Å². The Balaban J connectivity index is 1.35. The maximum atomic E-state index is 5.36. The van der Waals surface area contributed by atoms with Crippen LogP contribution in [-0.4, -0.2) is 87.1 Å². The highest BCUT2D eigenvalue weighted by Crippen LogP contribution is 2.29. The molecular weight excluding hydrogens is 378 g/mol. The van der Waals surface area contributed by atoms with Crippen molar-refractivity contribution in [2.45, 2.75) is 12.8 Å². The van der Waals surface area contributed by atoms with Crippen LogP contribution in [0.4, 0.5) is 5.82 Å². The zero-order chi connectivity index (χ0) is 20.9. The molecular formula is C23H33N5O2. The van der Waals surface area contributed by atoms with Crippen LogP contribution in [0.1, 0.15) is 12.8 Å². The lowest BCUT2D eigenvalue weighted by Gasteiger charge is -2.38. The number of nitrogens with zero attached hydrogens (tertiary/aromatic N) is 5. The Bertz CT molecular complexity index is 799. The molecule has 2 aromatic rings. The van der Waals surface area contributed by atoms with Crippen LogP contribution in [0.3, 0.4) is 0 Å². The minimum absolute atomic E-state index is 0.746. The van der Waals surface area contributed by atoms with E-state index in [1.807, 2.05) is 24.3 Å². The molecule has 0 radical (unpaired) electrons. The summed E-state index contributed by atoms with van der Waals surface area (Å²) in [5.74, 6) is 3.26. The van der Waals surface area contributed by atoms with Gasteiger partial charge in [-0.05, 0) is 56.6 Å². The average Bonchev–Trinajstić information content (AvgIpc) is 2.79. The molecule has 1 atom stereocenters. The van der Waals surface area contributed by atoms with E-state index in [4.69, 9.17) is 9.47 Å². The number of anilines is 1. The van der Waals surface area contributed by atoms with Crippen LogP contribution in [0, 0.1) is 5.92 Å². The van der Waals surface area contributed by atoms with Crippen LogP contribution in [-0.2, 0) is 0 Å². The summed E-state index contributed by atoms with van der Waals surface area (Å²) in [6, 6.07) is 9.86. The lowest BCUT2D eigenvalue weighted by Crippen LogP contribution is -2.49. The van der Waals surface area contributed by atoms with Crippen molar-refractivity contribution >= 4 is 5.82 Å². The quantitative estimate of drug-likeness (QED) is 0.724. The van der Waals surface area contributed by atoms with Crippen molar-refractivity contribution in [3.63, 3.8) is 0 Å². The molecule has 162 valence electrons. The van der Waals surface area contributed by atoms with Gasteiger partial charge >= 0.3 is 0 Å². The van der Waals surface area contributed by atoms with Crippen LogP contribution in [0.5, 0.6) is 11.5 Å². The molecule has 4 rings (SSSR count). The van der Waals surface area contributed by atoms with Gasteiger partial charge in [-0.3, -0.25) is 4.90 Å². The summed E-state index contributed by atoms with van der Waals surface area (Å²) in [6.07, 6.45) is 2.70. The van der Waals surface area contributed by atoms with E-state index in [0.29, 0.717) is 0 Å². The lowest BCUT2D eigenvalue weighted by atomic mass is 9.97. The topological polar surface area (TPSA) is 54.0 Å². The van der Waals surface area contributed by atoms with Crippen LogP contribution in [0.2, 0.25) is 0 Å². The number of piperazine rings is 1. The first-order valence-corrected chi connectivity index (χ1v) is 10.9. The largest absolute Gasteiger partial charge is 0.497 e. The molecule has 1 unspecified atom stereocenters. The van der Waals surface area contributed by atoms with Crippen LogP contribution >= 0.6 is 0 Å². The molecule has 30 heavy (non-hydrogen) atoms. The van der Waals surface area contributed by atoms with E-state index in [-0.39, 0.29) is 0 Å². The summed E-state index contributed by atoms with van der Waals surface area (Å²) >= 11 is 0. The number of hydrogen-bond acceptors (Lipinski definition) is 7. The van der Waals surface area contributed by atoms with Crippen molar-refractivity contribution in [1.82, 2.24) is 20.0 Å². The van der Waals surface area contributed by atoms with E-state index in [1.165, 1.54) is 32.5 Å². The van der Waals surface area contributed by atoms with Gasteiger partial charge in [-0.15, -0.1) is 10.2 Å². The first-order valence-electron chi connectivity index (χ1n) is 10.9. The Morgan fingerprint density at radius 2 is 1.67 bits per heavy atom. The van der Waals surface area contributed by atoms with Crippen LogP contribution < -0.4 is 14.4 Å². The molecule has 3 heterocycles. The summed E-state index contributed by atoms with van der Waals surface area (Å²) in [7, 11) is 5.55. The second-order valence-corrected chi connectivity index (χ2v) is 8.44. The highest BCUT2D eigenvalue weighted by atomic mass is 16.5. The van der Waals surface area contributed by atoms with E-state index in [9.17, 15) is 0 Å². The Morgan fingerprint density at radius 3 is 2.27 bits per heavy atom. The fourth-order valence-corrected chi connectivity index (χ4v) is 4.55. The lowest BCUT2D eigenvalue weighted by molar-refractivity contribution is 0.147. The van der Waals surface area contributed by atoms with Crippen molar-refractivity contribution in [3.05, 3.63) is 30.3 Å². The molecule has 1 aromatic heterocycles. The number of benzene rings is 1. The van der Waals surface area contributed by atoms with Gasteiger partial charge in [-0.2, -0.15) is 0 Å². The third-order valence-electron chi connectivity index (χ3n) is 6.23. The molecule has 0 amide bonds. The van der Waals surface area contributed by atoms with Gasteiger partial charge in [-0.25, -0.2) is 0 Å². The van der Waals surface area contributed by atoms with Gasteiger partial charge in [0.25, 0.3) is 0 Å². The molecule has 0 aliphatic carbocycles. The third kappa shape index (κ3) is 5.02. The van der Waals surface area contributed by atoms with Gasteiger partial charge in [-0.1, -0.05) is 0 Å². The molecule has 2 saturated heterocycles. The maximum Gasteiger partial charge on any atom is 0.151 e. The molecule has 2 aliphatic rings. The molecule has 0 spiro atoms. The van der Waals surface area contributed by atoms with E-state index >= 15 is 0 Å². The van der Waals surface area contributed by atoms with E-state index < -0.39 is 0 Å². The number of ether oxygens (including phenoxy) is 2. The Hall–Kier alpha value is -2.38. The minimum atomic E-state index is 0.746. The maximum absolute atomic E-state index is 5.36. The molecule has 1 aromatic carbocycles. The van der Waals surface area contributed by atoms with Gasteiger partial charge in [0.1, 0.15) is 11.5 Å². The summed E-state index contributed by atoms with van der Waals surface area (Å²) in [5.41, 5.74) is 1.75. The molecule has 0 N–H and O–H groups in total. The van der Waals surface area contributed by atoms with Gasteiger partial charge < -0.3 is 19.3 Å². The van der Waals surface area contributed by atoms with E-state index in [0.717, 1.165) is 60.7 Å². The fourth-order valence-electron chi connectivity index (χ4n) is 4.55. The molecule has 0 bridgehead atoms. The smallest absolute Gasteiger partial charge is 0.151 e. The Kier molecular flexibility index (Phi) is 6.69. The van der Waals surface area contributed by atoms with Gasteiger partial charge in [0, 0.05) is 50.9 Å². The standard InChI is InChI=1S/C23H33N5O2/c1-26-8-4-5-18(16-26)17-27-9-11-28(12-10-27)23-7-6-22(24-25-23)19-13-20(29-2)15-21(14-19)30-3/h6-7,13-15,18H,4-5,8-12,16-17H2,1-3H3. The highest BCUT2D eigenvalue weighted by molar-refractivity contribution is 5.64. The average molecular weight is 412 g/mol. The summed E-state index contributed by atoms with van der Waals surface area (Å²) in [5, 5.41) is 8.98. The SMILES string of the molecule is COc1cc(OC)cc(-c2ccc(N3CCN(CC4CCCN(C)C4)CC3)nn2)c1. The predicted molar refractivity (Wildman–Crippen MR) is 119 cm³/mol. The summed E-state index contributed by atoms with van der Waals surface area (Å²) in [4.78, 5) is 7.43. The predicted octanol–water partition coefficient (Wildman–Crippen LogP) is 2.62. The summed E-state index contributed by atoms with van der Waals surface area (Å²) in [6.45, 7) is 7.91. The first-order chi connectivity index (χ1) is 14.6. The van der Waals surface area contributed by atoms with Crippen molar-refractivity contribution in [1.29, 1.82) is 0 Å². The molecule has 2 aliphatic heterocycles. The highest BCUT2D eigenvalue weighted by Gasteiger charge is 2.23. The molecule has 7 heteroatoms. The van der Waals surface area contributed by atoms with Gasteiger partial charge in [0.2, 0.25) is 0 Å². The minimum Gasteiger partial charge on any atom is -0.497 e. The third-order valence-corrected chi connectivity index (χ3v) is 6.23. The molecule has 0 saturated carbocycles. The fraction of sp³-hybridized carbons (Fsp3) is 0.565. The van der Waals surface area contributed by atoms with Crippen molar-refractivity contribution < 1.29 is 9.47 Å². The number of methoxy groups -OCH3 is 2. The zero-order valence-corrected chi connectivity index (χ0v) is 18.4. The van der Waals surface area contributed by atoms with Crippen LogP contribution in [0.15, 0.2) is 30.3 Å². The van der Waals surface area contributed by atoms with Crippen molar-refractivity contribution in [2.24, 2.45) is 5.92 Å². The summed E-state index contributed by atoms with van der Waals surface area (Å²) < 4.78 is 10.7. The number of piperidine rings is 1.